The third kappa shape index (κ3) is 4.25. The first-order valence-corrected chi connectivity index (χ1v) is 6.83. The van der Waals surface area contributed by atoms with E-state index in [2.05, 4.69) is 10.6 Å². The Bertz CT molecular complexity index is 789. The summed E-state index contributed by atoms with van der Waals surface area (Å²) in [4.78, 5) is 12.1. The van der Waals surface area contributed by atoms with Crippen molar-refractivity contribution in [2.75, 3.05) is 16.4 Å². The van der Waals surface area contributed by atoms with E-state index < -0.39 is 5.91 Å². The highest BCUT2D eigenvalue weighted by molar-refractivity contribution is 6.06. The minimum Gasteiger partial charge on any atom is -0.508 e. The van der Waals surface area contributed by atoms with Crippen molar-refractivity contribution in [3.63, 3.8) is 0 Å². The van der Waals surface area contributed by atoms with Crippen molar-refractivity contribution in [2.24, 2.45) is 0 Å². The molecule has 0 heterocycles. The van der Waals surface area contributed by atoms with E-state index in [0.29, 0.717) is 17.1 Å². The van der Waals surface area contributed by atoms with Crippen LogP contribution in [0.1, 0.15) is 5.56 Å². The highest BCUT2D eigenvalue weighted by atomic mass is 16.3. The summed E-state index contributed by atoms with van der Waals surface area (Å²) in [7, 11) is 0. The Hall–Kier alpha value is -3.46. The molecule has 0 aliphatic rings. The Morgan fingerprint density at radius 3 is 2.57 bits per heavy atom. The zero-order valence-electron chi connectivity index (χ0n) is 12.5. The molecule has 0 saturated heterocycles. The van der Waals surface area contributed by atoms with Crippen LogP contribution in [-0.4, -0.2) is 11.0 Å². The molecule has 23 heavy (non-hydrogen) atoms. The number of hydrogen-bond acceptors (Lipinski definition) is 5. The molecule has 116 valence electrons. The van der Waals surface area contributed by atoms with Crippen molar-refractivity contribution in [1.29, 1.82) is 5.26 Å². The zero-order valence-corrected chi connectivity index (χ0v) is 12.5. The molecule has 2 rings (SSSR count). The maximum absolute atomic E-state index is 12.1. The van der Waals surface area contributed by atoms with Gasteiger partial charge in [0.1, 0.15) is 17.4 Å². The number of hydrogen-bond donors (Lipinski definition) is 4. The molecule has 0 unspecified atom stereocenters. The quantitative estimate of drug-likeness (QED) is 0.300. The third-order valence-corrected chi connectivity index (χ3v) is 3.07. The molecular formula is C17H16N4O2. The number of benzene rings is 2. The largest absolute Gasteiger partial charge is 0.508 e. The van der Waals surface area contributed by atoms with Gasteiger partial charge in [-0.1, -0.05) is 6.07 Å². The normalized spacial score (nSPS) is 10.7. The summed E-state index contributed by atoms with van der Waals surface area (Å²) in [5.41, 5.74) is 8.39. The second-order valence-electron chi connectivity index (χ2n) is 4.91. The number of aryl methyl sites for hydroxylation is 1. The molecule has 0 aliphatic heterocycles. The Morgan fingerprint density at radius 1 is 1.26 bits per heavy atom. The number of aromatic hydroxyl groups is 1. The van der Waals surface area contributed by atoms with Crippen molar-refractivity contribution in [3.8, 4) is 11.8 Å². The molecule has 2 aromatic carbocycles. The van der Waals surface area contributed by atoms with Crippen molar-refractivity contribution in [1.82, 2.24) is 0 Å². The number of nitriles is 1. The van der Waals surface area contributed by atoms with E-state index in [0.717, 1.165) is 5.56 Å². The van der Waals surface area contributed by atoms with Gasteiger partial charge in [0, 0.05) is 11.9 Å². The van der Waals surface area contributed by atoms with Gasteiger partial charge in [0.05, 0.1) is 11.4 Å². The van der Waals surface area contributed by atoms with Crippen molar-refractivity contribution in [2.45, 2.75) is 6.92 Å². The van der Waals surface area contributed by atoms with Crippen molar-refractivity contribution >= 4 is 23.0 Å². The molecule has 0 bridgehead atoms. The lowest BCUT2D eigenvalue weighted by Gasteiger charge is -2.07. The van der Waals surface area contributed by atoms with Gasteiger partial charge in [-0.2, -0.15) is 5.26 Å². The molecule has 5 N–H and O–H groups in total. The maximum atomic E-state index is 12.1. The molecule has 0 atom stereocenters. The first-order chi connectivity index (χ1) is 11.0. The fraction of sp³-hybridized carbons (Fsp3) is 0.0588. The molecule has 0 aliphatic carbocycles. The predicted octanol–water partition coefficient (Wildman–Crippen LogP) is 2.74. The number of nitrogen functional groups attached to an aromatic ring is 1. The molecule has 1 amide bonds. The van der Waals surface area contributed by atoms with Gasteiger partial charge >= 0.3 is 0 Å². The van der Waals surface area contributed by atoms with Crippen molar-refractivity contribution in [3.05, 3.63) is 59.8 Å². The summed E-state index contributed by atoms with van der Waals surface area (Å²) in [6.07, 6.45) is 1.30. The number of rotatable bonds is 4. The smallest absolute Gasteiger partial charge is 0.267 e. The summed E-state index contributed by atoms with van der Waals surface area (Å²) >= 11 is 0. The highest BCUT2D eigenvalue weighted by Gasteiger charge is 2.09. The fourth-order valence-electron chi connectivity index (χ4n) is 1.86. The molecule has 6 nitrogen and oxygen atoms in total. The van der Waals surface area contributed by atoms with Crippen molar-refractivity contribution < 1.29 is 9.90 Å². The van der Waals surface area contributed by atoms with E-state index in [1.165, 1.54) is 30.5 Å². The SMILES string of the molecule is Cc1ccc(N/C=C(/C#N)C(=O)Nc2ccc(O)cc2)c(N)c1. The molecule has 0 spiro atoms. The van der Waals surface area contributed by atoms with E-state index in [4.69, 9.17) is 11.0 Å². The number of nitrogens with two attached hydrogens (primary N) is 1. The first-order valence-electron chi connectivity index (χ1n) is 6.83. The molecule has 0 radical (unpaired) electrons. The third-order valence-electron chi connectivity index (χ3n) is 3.07. The number of anilines is 3. The number of phenolic OH excluding ortho intramolecular Hbond substituents is 1. The first kappa shape index (κ1) is 15.9. The summed E-state index contributed by atoms with van der Waals surface area (Å²) in [5, 5.41) is 23.7. The Morgan fingerprint density at radius 2 is 1.96 bits per heavy atom. The summed E-state index contributed by atoms with van der Waals surface area (Å²) in [6, 6.07) is 13.2. The predicted molar refractivity (Wildman–Crippen MR) is 89.6 cm³/mol. The average Bonchev–Trinajstić information content (AvgIpc) is 2.52. The summed E-state index contributed by atoms with van der Waals surface area (Å²) in [5.74, 6) is -0.466. The Kier molecular flexibility index (Phi) is 4.85. The molecule has 6 heteroatoms. The zero-order chi connectivity index (χ0) is 16.8. The average molecular weight is 308 g/mol. The van der Waals surface area contributed by atoms with Gasteiger partial charge in [0.25, 0.3) is 5.91 Å². The molecule has 2 aromatic rings. The minimum absolute atomic E-state index is 0.0931. The van der Waals surface area contributed by atoms with Crippen LogP contribution in [0.4, 0.5) is 17.1 Å². The second kappa shape index (κ2) is 7.00. The van der Waals surface area contributed by atoms with Crippen LogP contribution in [0.25, 0.3) is 0 Å². The second-order valence-corrected chi connectivity index (χ2v) is 4.91. The topological polar surface area (TPSA) is 111 Å². The lowest BCUT2D eigenvalue weighted by atomic mass is 10.2. The van der Waals surface area contributed by atoms with E-state index >= 15 is 0 Å². The molecular weight excluding hydrogens is 292 g/mol. The van der Waals surface area contributed by atoms with E-state index in [1.807, 2.05) is 19.1 Å². The van der Waals surface area contributed by atoms with Crippen LogP contribution in [0.2, 0.25) is 0 Å². The number of amides is 1. The lowest BCUT2D eigenvalue weighted by molar-refractivity contribution is -0.112. The summed E-state index contributed by atoms with van der Waals surface area (Å²) < 4.78 is 0. The fourth-order valence-corrected chi connectivity index (χ4v) is 1.86. The van der Waals surface area contributed by atoms with Crippen LogP contribution in [-0.2, 0) is 4.79 Å². The maximum Gasteiger partial charge on any atom is 0.267 e. The van der Waals surface area contributed by atoms with Crippen LogP contribution < -0.4 is 16.4 Å². The number of carbonyl (C=O) groups is 1. The molecule has 0 saturated carbocycles. The number of carbonyl (C=O) groups excluding carboxylic acids is 1. The van der Waals surface area contributed by atoms with Gasteiger partial charge in [0.2, 0.25) is 0 Å². The molecule has 0 aromatic heterocycles. The van der Waals surface area contributed by atoms with Crippen LogP contribution in [0.3, 0.4) is 0 Å². The summed E-state index contributed by atoms with van der Waals surface area (Å²) in [6.45, 7) is 1.92. The standard InChI is InChI=1S/C17H16N4O2/c1-11-2-7-16(15(19)8-11)20-10-12(9-18)17(23)21-13-3-5-14(22)6-4-13/h2-8,10,20,22H,19H2,1H3,(H,21,23)/b12-10-. The van der Waals surface area contributed by atoms with Gasteiger partial charge < -0.3 is 21.5 Å². The van der Waals surface area contributed by atoms with Gasteiger partial charge in [-0.05, 0) is 48.9 Å². The van der Waals surface area contributed by atoms with E-state index in [1.54, 1.807) is 12.1 Å². The number of nitrogens with zero attached hydrogens (tertiary/aromatic N) is 1. The van der Waals surface area contributed by atoms with Crippen LogP contribution in [0.5, 0.6) is 5.75 Å². The molecule has 0 fully saturated rings. The van der Waals surface area contributed by atoms with Crippen LogP contribution in [0.15, 0.2) is 54.2 Å². The van der Waals surface area contributed by atoms with Crippen LogP contribution in [0, 0.1) is 18.3 Å². The monoisotopic (exact) mass is 308 g/mol. The van der Waals surface area contributed by atoms with E-state index in [9.17, 15) is 9.90 Å². The number of phenols is 1. The Labute approximate surface area is 133 Å². The Balaban J connectivity index is 2.10. The van der Waals surface area contributed by atoms with Gasteiger partial charge in [0.15, 0.2) is 0 Å². The van der Waals surface area contributed by atoms with Crippen LogP contribution >= 0.6 is 0 Å². The van der Waals surface area contributed by atoms with Gasteiger partial charge in [-0.3, -0.25) is 4.79 Å². The number of nitrogens with one attached hydrogen (secondary N) is 2. The minimum atomic E-state index is -0.559. The van der Waals surface area contributed by atoms with Gasteiger partial charge in [-0.25, -0.2) is 0 Å². The van der Waals surface area contributed by atoms with E-state index in [-0.39, 0.29) is 11.3 Å². The van der Waals surface area contributed by atoms with Gasteiger partial charge in [-0.15, -0.1) is 0 Å². The lowest BCUT2D eigenvalue weighted by Crippen LogP contribution is -2.14. The highest BCUT2D eigenvalue weighted by Crippen LogP contribution is 2.20.